The summed E-state index contributed by atoms with van der Waals surface area (Å²) in [6.07, 6.45) is 1.43. The van der Waals surface area contributed by atoms with Crippen LogP contribution in [0.2, 0.25) is 0 Å². The average Bonchev–Trinajstić information content (AvgIpc) is 2.81. The lowest BCUT2D eigenvalue weighted by atomic mass is 9.66. The Hall–Kier alpha value is -1.47. The van der Waals surface area contributed by atoms with Crippen molar-refractivity contribution >= 4 is 0 Å². The van der Waals surface area contributed by atoms with E-state index in [-0.39, 0.29) is 5.92 Å². The Morgan fingerprint density at radius 2 is 1.49 bits per heavy atom. The lowest BCUT2D eigenvalue weighted by Gasteiger charge is -2.40. The molecule has 2 saturated carbocycles. The molecule has 0 radical (unpaired) electrons. The maximum absolute atomic E-state index is 14.6. The maximum Gasteiger partial charge on any atom is 0.431 e. The summed E-state index contributed by atoms with van der Waals surface area (Å²) in [4.78, 5) is 0. The van der Waals surface area contributed by atoms with Crippen molar-refractivity contribution in [3.8, 4) is 5.75 Å². The summed E-state index contributed by atoms with van der Waals surface area (Å²) in [7, 11) is 0. The van der Waals surface area contributed by atoms with Crippen LogP contribution in [0.3, 0.4) is 0 Å². The lowest BCUT2D eigenvalue weighted by Crippen LogP contribution is -2.59. The van der Waals surface area contributed by atoms with Gasteiger partial charge >= 0.3 is 18.0 Å². The number of benzene rings is 1. The first-order valence-corrected chi connectivity index (χ1v) is 13.0. The molecule has 35 heavy (non-hydrogen) atoms. The molecule has 2 atom stereocenters. The van der Waals surface area contributed by atoms with E-state index in [4.69, 9.17) is 0 Å². The van der Waals surface area contributed by atoms with Gasteiger partial charge in [0.15, 0.2) is 0 Å². The molecular weight excluding hydrogens is 473 g/mol. The highest BCUT2D eigenvalue weighted by Crippen LogP contribution is 2.56. The zero-order valence-corrected chi connectivity index (χ0v) is 20.3. The van der Waals surface area contributed by atoms with Crippen molar-refractivity contribution in [2.45, 2.75) is 108 Å². The lowest BCUT2D eigenvalue weighted by molar-refractivity contribution is -0.332. The molecule has 2 unspecified atom stereocenters. The molecule has 0 bridgehead atoms. The van der Waals surface area contributed by atoms with E-state index in [1.807, 2.05) is 0 Å². The van der Waals surface area contributed by atoms with Gasteiger partial charge in [0.05, 0.1) is 5.56 Å². The van der Waals surface area contributed by atoms with Crippen LogP contribution in [0.5, 0.6) is 5.75 Å². The highest BCUT2D eigenvalue weighted by Gasteiger charge is 2.74. The zero-order chi connectivity index (χ0) is 25.6. The van der Waals surface area contributed by atoms with E-state index in [9.17, 15) is 30.7 Å². The van der Waals surface area contributed by atoms with Crippen molar-refractivity contribution in [1.29, 1.82) is 0 Å². The molecule has 0 N–H and O–H groups in total. The number of hydrogen-bond acceptors (Lipinski definition) is 1. The van der Waals surface area contributed by atoms with Crippen molar-refractivity contribution in [3.63, 3.8) is 0 Å². The maximum atomic E-state index is 14.6. The molecule has 4 rings (SSSR count). The molecule has 2 aliphatic carbocycles. The van der Waals surface area contributed by atoms with Crippen LogP contribution in [0, 0.1) is 23.7 Å². The molecule has 198 valence electrons. The molecule has 1 heterocycles. The van der Waals surface area contributed by atoms with Crippen LogP contribution in [0.15, 0.2) is 18.2 Å². The van der Waals surface area contributed by atoms with Crippen molar-refractivity contribution in [1.82, 2.24) is 0 Å². The largest absolute Gasteiger partial charge is 0.474 e. The summed E-state index contributed by atoms with van der Waals surface area (Å²) in [5.74, 6) is -8.41. The van der Waals surface area contributed by atoms with E-state index >= 15 is 0 Å². The van der Waals surface area contributed by atoms with Crippen LogP contribution in [-0.4, -0.2) is 18.2 Å². The van der Waals surface area contributed by atoms with Crippen LogP contribution >= 0.6 is 0 Å². The Morgan fingerprint density at radius 3 is 2.03 bits per heavy atom. The first-order chi connectivity index (χ1) is 16.4. The summed E-state index contributed by atoms with van der Waals surface area (Å²) in [6, 6.07) is 3.40. The fourth-order valence-corrected chi connectivity index (χ4v) is 6.77. The normalized spacial score (nSPS) is 33.5. The van der Waals surface area contributed by atoms with Crippen LogP contribution in [0.4, 0.5) is 30.7 Å². The van der Waals surface area contributed by atoms with Crippen LogP contribution in [-0.2, 0) is 5.92 Å². The summed E-state index contributed by atoms with van der Waals surface area (Å²) in [5.41, 5.74) is -0.675. The molecule has 1 aromatic rings. The highest BCUT2D eigenvalue weighted by atomic mass is 19.4. The van der Waals surface area contributed by atoms with E-state index < -0.39 is 35.4 Å². The predicted octanol–water partition coefficient (Wildman–Crippen LogP) is 9.25. The molecule has 2 fully saturated rings. The smallest absolute Gasteiger partial charge is 0.431 e. The Morgan fingerprint density at radius 1 is 0.914 bits per heavy atom. The van der Waals surface area contributed by atoms with Crippen molar-refractivity contribution < 1.29 is 35.5 Å². The van der Waals surface area contributed by atoms with Gasteiger partial charge in [0.1, 0.15) is 5.75 Å². The van der Waals surface area contributed by atoms with Gasteiger partial charge in [-0.1, -0.05) is 32.8 Å². The number of fused-ring (bicyclic) bond motifs is 1. The molecule has 1 nitrogen and oxygen atoms in total. The topological polar surface area (TPSA) is 9.23 Å². The Kier molecular flexibility index (Phi) is 7.42. The Bertz CT molecular complexity index is 865. The van der Waals surface area contributed by atoms with Gasteiger partial charge in [-0.2, -0.15) is 30.7 Å². The Labute approximate surface area is 202 Å². The molecule has 8 heteroatoms. The van der Waals surface area contributed by atoms with Crippen molar-refractivity contribution in [3.05, 3.63) is 29.3 Å². The van der Waals surface area contributed by atoms with Gasteiger partial charge in [-0.15, -0.1) is 0 Å². The van der Waals surface area contributed by atoms with E-state index in [2.05, 4.69) is 18.6 Å². The van der Waals surface area contributed by atoms with E-state index in [1.165, 1.54) is 44.6 Å². The highest BCUT2D eigenvalue weighted by molar-refractivity contribution is 5.45. The van der Waals surface area contributed by atoms with E-state index in [0.29, 0.717) is 17.4 Å². The molecule has 3 aliphatic rings. The molecule has 0 spiro atoms. The second-order valence-electron chi connectivity index (χ2n) is 11.0. The third-order valence-electron chi connectivity index (χ3n) is 8.91. The predicted molar refractivity (Wildman–Crippen MR) is 120 cm³/mol. The third-order valence-corrected chi connectivity index (χ3v) is 8.91. The molecule has 1 aromatic carbocycles. The standard InChI is InChI=1S/C27H35F7O/c1-3-4-16(2)17-5-7-18(8-6-17)19-9-11-20(12-10-19)21-13-14-23-22(15-21)25(28,29)26(30,31)24(35-23)27(32,33)34/h13-20,24H,3-12H2,1-2H3. The molecule has 1 aliphatic heterocycles. The monoisotopic (exact) mass is 508 g/mol. The minimum Gasteiger partial charge on any atom is -0.474 e. The first kappa shape index (κ1) is 26.6. The Balaban J connectivity index is 1.40. The van der Waals surface area contributed by atoms with Gasteiger partial charge in [-0.05, 0) is 98.7 Å². The second-order valence-corrected chi connectivity index (χ2v) is 11.0. The fraction of sp³-hybridized carbons (Fsp3) is 0.778. The fourth-order valence-electron chi connectivity index (χ4n) is 6.77. The quantitative estimate of drug-likeness (QED) is 0.360. The van der Waals surface area contributed by atoms with Gasteiger partial charge in [0.2, 0.25) is 0 Å². The minimum atomic E-state index is -5.62. The number of hydrogen-bond donors (Lipinski definition) is 0. The number of halogens is 7. The van der Waals surface area contributed by atoms with Crippen molar-refractivity contribution in [2.75, 3.05) is 0 Å². The first-order valence-electron chi connectivity index (χ1n) is 13.0. The van der Waals surface area contributed by atoms with Crippen molar-refractivity contribution in [2.24, 2.45) is 23.7 Å². The van der Waals surface area contributed by atoms with Gasteiger partial charge in [-0.25, -0.2) is 0 Å². The van der Waals surface area contributed by atoms with Gasteiger partial charge < -0.3 is 4.74 Å². The van der Waals surface area contributed by atoms with Gasteiger partial charge in [-0.3, -0.25) is 0 Å². The van der Waals surface area contributed by atoms with E-state index in [0.717, 1.165) is 49.7 Å². The SMILES string of the molecule is CCCC(C)C1CCC(C2CCC(c3ccc4c(c3)C(F)(F)C(F)(F)C(C(F)(F)F)O4)CC2)CC1. The second kappa shape index (κ2) is 9.77. The van der Waals surface area contributed by atoms with Gasteiger partial charge in [0, 0.05) is 0 Å². The summed E-state index contributed by atoms with van der Waals surface area (Å²) < 4.78 is 101. The zero-order valence-electron chi connectivity index (χ0n) is 20.3. The van der Waals surface area contributed by atoms with Crippen LogP contribution in [0.1, 0.15) is 95.1 Å². The number of ether oxygens (including phenoxy) is 1. The summed E-state index contributed by atoms with van der Waals surface area (Å²) >= 11 is 0. The molecule has 0 aromatic heterocycles. The molecule has 0 amide bonds. The number of alkyl halides is 7. The molecule has 0 saturated heterocycles. The summed E-state index contributed by atoms with van der Waals surface area (Å²) in [5, 5.41) is 0. The minimum absolute atomic E-state index is 0.0674. The molecular formula is C27H35F7O. The van der Waals surface area contributed by atoms with Crippen LogP contribution < -0.4 is 4.74 Å². The average molecular weight is 509 g/mol. The van der Waals surface area contributed by atoms with Crippen LogP contribution in [0.25, 0.3) is 0 Å². The van der Waals surface area contributed by atoms with E-state index in [1.54, 1.807) is 0 Å². The third kappa shape index (κ3) is 5.04. The van der Waals surface area contributed by atoms with Gasteiger partial charge in [0.25, 0.3) is 6.10 Å². The summed E-state index contributed by atoms with van der Waals surface area (Å²) in [6.45, 7) is 4.58. The number of rotatable bonds is 5.